The normalized spacial score (nSPS) is 11.8. The molecule has 0 aromatic heterocycles. The van der Waals surface area contributed by atoms with Crippen molar-refractivity contribution in [1.29, 1.82) is 0 Å². The van der Waals surface area contributed by atoms with E-state index in [0.717, 1.165) is 89.9 Å². The van der Waals surface area contributed by atoms with Gasteiger partial charge in [0.15, 0.2) is 0 Å². The molecular weight excluding hydrogens is 580 g/mol. The van der Waals surface area contributed by atoms with Crippen molar-refractivity contribution in [3.63, 3.8) is 0 Å². The molecule has 0 bridgehead atoms. The minimum atomic E-state index is -0.954. The molecule has 46 heavy (non-hydrogen) atoms. The van der Waals surface area contributed by atoms with Crippen LogP contribution in [0.25, 0.3) is 0 Å². The average molecular weight is 649 g/mol. The van der Waals surface area contributed by atoms with Gasteiger partial charge in [-0.1, -0.05) is 125 Å². The van der Waals surface area contributed by atoms with Crippen LogP contribution in [-0.2, 0) is 9.59 Å². The van der Waals surface area contributed by atoms with E-state index in [1.807, 2.05) is 0 Å². The molecule has 0 radical (unpaired) electrons. The van der Waals surface area contributed by atoms with Gasteiger partial charge in [-0.05, 0) is 77.0 Å². The maximum atomic E-state index is 10.3. The molecule has 0 rings (SSSR count). The van der Waals surface area contributed by atoms with E-state index in [1.165, 1.54) is 25.7 Å². The minimum absolute atomic E-state index is 0.319. The van der Waals surface area contributed by atoms with E-state index in [2.05, 4.69) is 86.8 Å². The number of aliphatic hydroxyl groups is 3. The van der Waals surface area contributed by atoms with Crippen molar-refractivity contribution in [1.82, 2.24) is 0 Å². The minimum Gasteiger partial charge on any atom is -0.481 e. The van der Waals surface area contributed by atoms with Gasteiger partial charge in [0.2, 0.25) is 0 Å². The molecule has 0 aliphatic heterocycles. The van der Waals surface area contributed by atoms with E-state index in [9.17, 15) is 9.59 Å². The predicted molar refractivity (Wildman–Crippen MR) is 194 cm³/mol. The number of hydrogen-bond acceptors (Lipinski definition) is 5. The van der Waals surface area contributed by atoms with Crippen molar-refractivity contribution < 1.29 is 35.1 Å². The fraction of sp³-hybridized carbons (Fsp3) is 0.641. The predicted octanol–water partition coefficient (Wildman–Crippen LogP) is 9.65. The molecule has 0 fully saturated rings. The fourth-order valence-corrected chi connectivity index (χ4v) is 3.85. The summed E-state index contributed by atoms with van der Waals surface area (Å²) in [6.45, 7) is 3.57. The molecule has 7 heteroatoms. The third kappa shape index (κ3) is 53.8. The van der Waals surface area contributed by atoms with Crippen LogP contribution in [0.4, 0.5) is 0 Å². The summed E-state index contributed by atoms with van der Waals surface area (Å²) in [5.41, 5.74) is 0. The summed E-state index contributed by atoms with van der Waals surface area (Å²) >= 11 is 0. The molecule has 0 aliphatic rings. The van der Waals surface area contributed by atoms with Gasteiger partial charge < -0.3 is 25.5 Å². The summed E-state index contributed by atoms with van der Waals surface area (Å²) < 4.78 is 0. The van der Waals surface area contributed by atoms with Crippen molar-refractivity contribution in [2.45, 2.75) is 148 Å². The lowest BCUT2D eigenvalue weighted by atomic mass is 10.1. The van der Waals surface area contributed by atoms with Crippen LogP contribution >= 0.6 is 0 Å². The van der Waals surface area contributed by atoms with Crippen LogP contribution in [0.2, 0.25) is 0 Å². The molecule has 0 atom stereocenters. The standard InChI is InChI=1S/2C18H30O2.C3H8O3/c2*1-2-3-4-5-6-7-8-9-10-11-12-13-14-15-16-17-18(19)20;4-1-3(6)2-5/h2*3-4,6-7,9-10H,2,5,8,11-17H2,1H3,(H,19,20);3-6H,1-2H2/b2*4-3-,7-6-,10-9-;. The Kier molecular flexibility index (Phi) is 46.0. The quantitative estimate of drug-likeness (QED) is 0.0421. The first kappa shape index (κ1) is 47.7. The molecule has 266 valence electrons. The monoisotopic (exact) mass is 648 g/mol. The number of aliphatic carboxylic acids is 2. The molecule has 0 spiro atoms. The number of unbranched alkanes of at least 4 members (excludes halogenated alkanes) is 10. The highest BCUT2D eigenvalue weighted by Crippen LogP contribution is 2.09. The van der Waals surface area contributed by atoms with Gasteiger partial charge in [0.25, 0.3) is 0 Å². The van der Waals surface area contributed by atoms with E-state index in [0.29, 0.717) is 12.8 Å². The summed E-state index contributed by atoms with van der Waals surface area (Å²) in [4.78, 5) is 20.6. The van der Waals surface area contributed by atoms with E-state index in [4.69, 9.17) is 25.5 Å². The highest BCUT2D eigenvalue weighted by Gasteiger charge is 1.97. The molecule has 0 unspecified atom stereocenters. The first-order chi connectivity index (χ1) is 22.3. The Labute approximate surface area is 281 Å². The first-order valence-corrected chi connectivity index (χ1v) is 17.6. The van der Waals surface area contributed by atoms with Gasteiger partial charge in [0.1, 0.15) is 6.10 Å². The molecule has 0 saturated heterocycles. The van der Waals surface area contributed by atoms with Crippen LogP contribution in [0.1, 0.15) is 142 Å². The number of carbonyl (C=O) groups is 2. The Morgan fingerprint density at radius 2 is 0.739 bits per heavy atom. The zero-order valence-electron chi connectivity index (χ0n) is 29.1. The van der Waals surface area contributed by atoms with Gasteiger partial charge in [0, 0.05) is 12.8 Å². The zero-order valence-corrected chi connectivity index (χ0v) is 29.1. The van der Waals surface area contributed by atoms with Gasteiger partial charge >= 0.3 is 11.9 Å². The number of rotatable bonds is 28. The largest absolute Gasteiger partial charge is 0.481 e. The highest BCUT2D eigenvalue weighted by molar-refractivity contribution is 5.66. The maximum absolute atomic E-state index is 10.3. The molecule has 0 aromatic carbocycles. The van der Waals surface area contributed by atoms with E-state index < -0.39 is 18.0 Å². The molecular formula is C39H68O7. The summed E-state index contributed by atoms with van der Waals surface area (Å²) in [5, 5.41) is 41.0. The Hall–Kier alpha value is -2.74. The second kappa shape index (κ2) is 44.4. The molecule has 0 aromatic rings. The van der Waals surface area contributed by atoms with Gasteiger partial charge in [-0.25, -0.2) is 0 Å². The van der Waals surface area contributed by atoms with Crippen molar-refractivity contribution >= 4 is 11.9 Å². The third-order valence-electron chi connectivity index (χ3n) is 6.50. The van der Waals surface area contributed by atoms with Crippen LogP contribution in [0.5, 0.6) is 0 Å². The Morgan fingerprint density at radius 3 is 1.02 bits per heavy atom. The van der Waals surface area contributed by atoms with E-state index in [1.54, 1.807) is 0 Å². The van der Waals surface area contributed by atoms with E-state index in [-0.39, 0.29) is 13.2 Å². The van der Waals surface area contributed by atoms with Crippen molar-refractivity contribution in [2.75, 3.05) is 13.2 Å². The molecule has 0 amide bonds. The van der Waals surface area contributed by atoms with Crippen LogP contribution < -0.4 is 0 Å². The van der Waals surface area contributed by atoms with Crippen LogP contribution in [-0.4, -0.2) is 56.8 Å². The van der Waals surface area contributed by atoms with Gasteiger partial charge in [-0.3, -0.25) is 9.59 Å². The Bertz CT molecular complexity index is 743. The van der Waals surface area contributed by atoms with Crippen LogP contribution in [0.3, 0.4) is 0 Å². The second-order valence-electron chi connectivity index (χ2n) is 11.0. The smallest absolute Gasteiger partial charge is 0.303 e. The number of aliphatic hydroxyl groups excluding tert-OH is 3. The summed E-state index contributed by atoms with van der Waals surface area (Å²) in [7, 11) is 0. The average Bonchev–Trinajstić information content (AvgIpc) is 3.04. The maximum Gasteiger partial charge on any atom is 0.303 e. The van der Waals surface area contributed by atoms with Crippen LogP contribution in [0.15, 0.2) is 72.9 Å². The lowest BCUT2D eigenvalue weighted by Crippen LogP contribution is -2.15. The van der Waals surface area contributed by atoms with Crippen molar-refractivity contribution in [2.24, 2.45) is 0 Å². The Balaban J connectivity index is -0.000000682. The first-order valence-electron chi connectivity index (χ1n) is 17.6. The Morgan fingerprint density at radius 1 is 0.457 bits per heavy atom. The molecule has 5 N–H and O–H groups in total. The fourth-order valence-electron chi connectivity index (χ4n) is 3.85. The summed E-state index contributed by atoms with van der Waals surface area (Å²) in [6, 6.07) is 0. The number of hydrogen-bond donors (Lipinski definition) is 5. The summed E-state index contributed by atoms with van der Waals surface area (Å²) in [5.74, 6) is -1.35. The lowest BCUT2D eigenvalue weighted by molar-refractivity contribution is -0.138. The van der Waals surface area contributed by atoms with E-state index >= 15 is 0 Å². The van der Waals surface area contributed by atoms with Gasteiger partial charge in [0.05, 0.1) is 13.2 Å². The molecule has 0 saturated carbocycles. The van der Waals surface area contributed by atoms with Gasteiger partial charge in [-0.2, -0.15) is 0 Å². The SMILES string of the molecule is CC/C=C\C/C=C\C/C=C\CCCCCCCC(=O)O.CC/C=C\C/C=C\C/C=C\CCCCCCCC(=O)O.OCC(O)CO. The number of carboxylic acid groups (broad SMARTS) is 2. The summed E-state index contributed by atoms with van der Waals surface area (Å²) in [6.07, 6.45) is 45.8. The van der Waals surface area contributed by atoms with Gasteiger partial charge in [-0.15, -0.1) is 0 Å². The van der Waals surface area contributed by atoms with Crippen molar-refractivity contribution in [3.8, 4) is 0 Å². The number of allylic oxidation sites excluding steroid dienone is 12. The zero-order chi connectivity index (χ0) is 34.8. The lowest BCUT2D eigenvalue weighted by Gasteiger charge is -1.98. The second-order valence-corrected chi connectivity index (χ2v) is 11.0. The number of carboxylic acids is 2. The molecule has 0 heterocycles. The topological polar surface area (TPSA) is 135 Å². The van der Waals surface area contributed by atoms with Crippen LogP contribution in [0, 0.1) is 0 Å². The third-order valence-corrected chi connectivity index (χ3v) is 6.50. The molecule has 7 nitrogen and oxygen atoms in total. The van der Waals surface area contributed by atoms with Crippen molar-refractivity contribution in [3.05, 3.63) is 72.9 Å². The molecule has 0 aliphatic carbocycles. The highest BCUT2D eigenvalue weighted by atomic mass is 16.4.